The molecule has 0 bridgehead atoms. The van der Waals surface area contributed by atoms with Crippen molar-refractivity contribution in [2.75, 3.05) is 5.32 Å². The highest BCUT2D eigenvalue weighted by atomic mass is 16.6. The second kappa shape index (κ2) is 7.93. The molecule has 2 aliphatic carbocycles. The molecule has 5 heteroatoms. The molecule has 6 rings (SSSR count). The van der Waals surface area contributed by atoms with E-state index in [2.05, 4.69) is 41.7 Å². The third-order valence-corrected chi connectivity index (χ3v) is 6.87. The number of nitrogens with one attached hydrogen (secondary N) is 1. The fourth-order valence-corrected chi connectivity index (χ4v) is 5.31. The van der Waals surface area contributed by atoms with Crippen LogP contribution >= 0.6 is 0 Å². The number of nitro benzene ring substituents is 1. The molecule has 1 saturated carbocycles. The maximum absolute atomic E-state index is 11.5. The van der Waals surface area contributed by atoms with Crippen LogP contribution in [0.5, 0.6) is 0 Å². The lowest BCUT2D eigenvalue weighted by Gasteiger charge is -2.23. The molecule has 164 valence electrons. The van der Waals surface area contributed by atoms with Crippen LogP contribution < -0.4 is 5.32 Å². The standard InChI is InChI=1S/C28H24N2O3/c31-30(32)24-15-5-4-8-18(24)16-17-23-26-21-13-6-9-19-10-7-14-22(25(19)21)27(26)33-28(23)29-20-11-2-1-3-12-20/h4-10,13-17,20,29H,1-3,11-12H2. The number of hydrogen-bond acceptors (Lipinski definition) is 4. The molecule has 0 saturated heterocycles. The molecule has 2 aliphatic rings. The Morgan fingerprint density at radius 2 is 1.67 bits per heavy atom. The van der Waals surface area contributed by atoms with E-state index in [1.807, 2.05) is 18.2 Å². The van der Waals surface area contributed by atoms with Crippen molar-refractivity contribution in [3.8, 4) is 22.5 Å². The van der Waals surface area contributed by atoms with E-state index in [0.29, 0.717) is 11.6 Å². The van der Waals surface area contributed by atoms with Crippen molar-refractivity contribution in [3.63, 3.8) is 0 Å². The lowest BCUT2D eigenvalue weighted by Crippen LogP contribution is -2.22. The number of para-hydroxylation sites is 1. The normalized spacial score (nSPS) is 15.3. The van der Waals surface area contributed by atoms with Crippen LogP contribution in [0.3, 0.4) is 0 Å². The molecule has 0 unspecified atom stereocenters. The Labute approximate surface area is 191 Å². The molecule has 1 heterocycles. The van der Waals surface area contributed by atoms with Crippen LogP contribution in [-0.4, -0.2) is 11.0 Å². The first-order valence-electron chi connectivity index (χ1n) is 11.6. The molecule has 1 aromatic heterocycles. The molecule has 0 spiro atoms. The van der Waals surface area contributed by atoms with Crippen molar-refractivity contribution in [2.45, 2.75) is 38.1 Å². The van der Waals surface area contributed by atoms with E-state index in [1.54, 1.807) is 12.1 Å². The van der Waals surface area contributed by atoms with Gasteiger partial charge in [-0.3, -0.25) is 10.1 Å². The molecule has 1 N–H and O–H groups in total. The van der Waals surface area contributed by atoms with Crippen LogP contribution in [0.4, 0.5) is 11.6 Å². The molecule has 0 aliphatic heterocycles. The topological polar surface area (TPSA) is 68.3 Å². The lowest BCUT2D eigenvalue weighted by atomic mass is 9.95. The number of rotatable bonds is 5. The summed E-state index contributed by atoms with van der Waals surface area (Å²) in [5.41, 5.74) is 4.96. The highest BCUT2D eigenvalue weighted by Gasteiger charge is 2.30. The molecule has 33 heavy (non-hydrogen) atoms. The number of fused-ring (bicyclic) bond motifs is 3. The minimum Gasteiger partial charge on any atom is -0.439 e. The summed E-state index contributed by atoms with van der Waals surface area (Å²) >= 11 is 0. The van der Waals surface area contributed by atoms with E-state index >= 15 is 0 Å². The average Bonchev–Trinajstić information content (AvgIpc) is 3.35. The number of nitro groups is 1. The van der Waals surface area contributed by atoms with Crippen molar-refractivity contribution < 1.29 is 9.34 Å². The molecule has 1 fully saturated rings. The van der Waals surface area contributed by atoms with E-state index < -0.39 is 0 Å². The fraction of sp³-hybridized carbons (Fsp3) is 0.214. The summed E-state index contributed by atoms with van der Waals surface area (Å²) in [4.78, 5) is 11.2. The van der Waals surface area contributed by atoms with E-state index in [0.717, 1.165) is 46.7 Å². The van der Waals surface area contributed by atoms with E-state index in [9.17, 15) is 10.1 Å². The van der Waals surface area contributed by atoms with Gasteiger partial charge >= 0.3 is 0 Å². The summed E-state index contributed by atoms with van der Waals surface area (Å²) in [5, 5.41) is 17.6. The maximum Gasteiger partial charge on any atom is 0.276 e. The van der Waals surface area contributed by atoms with Gasteiger partial charge < -0.3 is 9.73 Å². The fourth-order valence-electron chi connectivity index (χ4n) is 5.31. The summed E-state index contributed by atoms with van der Waals surface area (Å²) in [6.45, 7) is 0. The second-order valence-electron chi connectivity index (χ2n) is 8.89. The van der Waals surface area contributed by atoms with Gasteiger partial charge in [-0.1, -0.05) is 67.8 Å². The Morgan fingerprint density at radius 1 is 0.909 bits per heavy atom. The first kappa shape index (κ1) is 19.8. The van der Waals surface area contributed by atoms with Crippen LogP contribution in [0.25, 0.3) is 45.4 Å². The average molecular weight is 437 g/mol. The summed E-state index contributed by atoms with van der Waals surface area (Å²) in [7, 11) is 0. The van der Waals surface area contributed by atoms with Gasteiger partial charge in [-0.2, -0.15) is 0 Å². The first-order valence-corrected chi connectivity index (χ1v) is 11.6. The number of anilines is 1. The number of nitrogens with zero attached hydrogens (tertiary/aromatic N) is 1. The highest BCUT2D eigenvalue weighted by Crippen LogP contribution is 2.53. The summed E-state index contributed by atoms with van der Waals surface area (Å²) in [6, 6.07) is 19.9. The quantitative estimate of drug-likeness (QED) is 0.224. The van der Waals surface area contributed by atoms with Gasteiger partial charge in [0, 0.05) is 34.2 Å². The minimum absolute atomic E-state index is 0.0982. The largest absolute Gasteiger partial charge is 0.439 e. The Balaban J connectivity index is 1.50. The Bertz CT molecular complexity index is 1400. The van der Waals surface area contributed by atoms with Crippen LogP contribution in [0, 0.1) is 10.1 Å². The number of benzene rings is 3. The number of hydrogen-bond donors (Lipinski definition) is 1. The zero-order valence-electron chi connectivity index (χ0n) is 18.2. The Hall–Kier alpha value is -3.86. The van der Waals surface area contributed by atoms with Gasteiger partial charge in [-0.25, -0.2) is 0 Å². The predicted molar refractivity (Wildman–Crippen MR) is 133 cm³/mol. The van der Waals surface area contributed by atoms with E-state index in [4.69, 9.17) is 4.42 Å². The van der Waals surface area contributed by atoms with Crippen LogP contribution in [0.2, 0.25) is 0 Å². The Kier molecular flexibility index (Phi) is 4.75. The predicted octanol–water partition coefficient (Wildman–Crippen LogP) is 7.90. The Morgan fingerprint density at radius 3 is 2.45 bits per heavy atom. The molecular weight excluding hydrogens is 412 g/mol. The summed E-state index contributed by atoms with van der Waals surface area (Å²) in [6.07, 6.45) is 9.80. The first-order chi connectivity index (χ1) is 16.2. The van der Waals surface area contributed by atoms with Crippen molar-refractivity contribution in [2.24, 2.45) is 0 Å². The third-order valence-electron chi connectivity index (χ3n) is 6.87. The molecule has 3 aromatic carbocycles. The van der Waals surface area contributed by atoms with Crippen LogP contribution in [0.1, 0.15) is 43.2 Å². The van der Waals surface area contributed by atoms with E-state index in [-0.39, 0.29) is 10.6 Å². The minimum atomic E-state index is -0.336. The highest BCUT2D eigenvalue weighted by molar-refractivity contribution is 6.16. The molecule has 4 aromatic rings. The molecule has 0 amide bonds. The van der Waals surface area contributed by atoms with Crippen LogP contribution in [-0.2, 0) is 0 Å². The smallest absolute Gasteiger partial charge is 0.276 e. The van der Waals surface area contributed by atoms with Gasteiger partial charge in [-0.05, 0) is 42.0 Å². The van der Waals surface area contributed by atoms with Gasteiger partial charge in [0.2, 0.25) is 5.88 Å². The maximum atomic E-state index is 11.5. The van der Waals surface area contributed by atoms with Crippen LogP contribution in [0.15, 0.2) is 65.1 Å². The lowest BCUT2D eigenvalue weighted by molar-refractivity contribution is -0.385. The van der Waals surface area contributed by atoms with Gasteiger partial charge in [0.1, 0.15) is 5.76 Å². The molecule has 0 atom stereocenters. The van der Waals surface area contributed by atoms with Crippen molar-refractivity contribution >= 4 is 34.5 Å². The van der Waals surface area contributed by atoms with Crippen molar-refractivity contribution in [1.82, 2.24) is 0 Å². The zero-order valence-corrected chi connectivity index (χ0v) is 18.2. The van der Waals surface area contributed by atoms with Crippen molar-refractivity contribution in [3.05, 3.63) is 81.9 Å². The monoisotopic (exact) mass is 436 g/mol. The molecule has 5 nitrogen and oxygen atoms in total. The van der Waals surface area contributed by atoms with E-state index in [1.165, 1.54) is 36.1 Å². The van der Waals surface area contributed by atoms with Gasteiger partial charge in [0.15, 0.2) is 0 Å². The van der Waals surface area contributed by atoms with Gasteiger partial charge in [0.05, 0.1) is 10.5 Å². The van der Waals surface area contributed by atoms with Gasteiger partial charge in [-0.15, -0.1) is 0 Å². The third kappa shape index (κ3) is 3.32. The number of furan rings is 1. The summed E-state index contributed by atoms with van der Waals surface area (Å²) in [5.74, 6) is 1.63. The molecule has 0 radical (unpaired) electrons. The second-order valence-corrected chi connectivity index (χ2v) is 8.89. The SMILES string of the molecule is O=[N+]([O-])c1ccccc1C=Cc1c(NC2CCCCC2)oc2c1-c1cccc3cccc-2c13. The van der Waals surface area contributed by atoms with Gasteiger partial charge in [0.25, 0.3) is 5.69 Å². The zero-order chi connectivity index (χ0) is 22.4. The van der Waals surface area contributed by atoms with Crippen molar-refractivity contribution in [1.29, 1.82) is 0 Å². The molecular formula is C28H24N2O3. The summed E-state index contributed by atoms with van der Waals surface area (Å²) < 4.78 is 6.50.